The van der Waals surface area contributed by atoms with Crippen molar-refractivity contribution in [1.29, 1.82) is 0 Å². The molecule has 0 saturated heterocycles. The molecular weight excluding hydrogens is 243 g/mol. The van der Waals surface area contributed by atoms with Crippen LogP contribution in [0.15, 0.2) is 24.3 Å². The summed E-state index contributed by atoms with van der Waals surface area (Å²) in [5.41, 5.74) is 2.72. The summed E-state index contributed by atoms with van der Waals surface area (Å²) in [6.07, 6.45) is 0. The third kappa shape index (κ3) is 2.18. The summed E-state index contributed by atoms with van der Waals surface area (Å²) < 4.78 is 0. The van der Waals surface area contributed by atoms with Crippen LogP contribution >= 0.6 is 23.2 Å². The number of hydrogen-bond acceptors (Lipinski definition) is 2. The van der Waals surface area contributed by atoms with Gasteiger partial charge in [0.2, 0.25) is 0 Å². The normalized spacial score (nSPS) is 10.5. The molecule has 0 aliphatic carbocycles. The van der Waals surface area contributed by atoms with Crippen LogP contribution in [0.4, 0.5) is 0 Å². The summed E-state index contributed by atoms with van der Waals surface area (Å²) in [6, 6.07) is 7.37. The van der Waals surface area contributed by atoms with Crippen molar-refractivity contribution in [3.05, 3.63) is 45.7 Å². The zero-order chi connectivity index (χ0) is 11.7. The molecule has 1 aromatic heterocycles. The van der Waals surface area contributed by atoms with Crippen molar-refractivity contribution in [3.63, 3.8) is 0 Å². The lowest BCUT2D eigenvalue weighted by Gasteiger charge is -2.05. The van der Waals surface area contributed by atoms with Crippen molar-refractivity contribution in [2.45, 2.75) is 13.8 Å². The van der Waals surface area contributed by atoms with E-state index in [0.29, 0.717) is 16.0 Å². The van der Waals surface area contributed by atoms with E-state index in [1.165, 1.54) is 0 Å². The second kappa shape index (κ2) is 4.40. The van der Waals surface area contributed by atoms with Gasteiger partial charge < -0.3 is 0 Å². The average molecular weight is 253 g/mol. The number of benzene rings is 1. The van der Waals surface area contributed by atoms with E-state index in [9.17, 15) is 0 Å². The van der Waals surface area contributed by atoms with Crippen molar-refractivity contribution < 1.29 is 0 Å². The lowest BCUT2D eigenvalue weighted by Crippen LogP contribution is -1.96. The van der Waals surface area contributed by atoms with E-state index in [-0.39, 0.29) is 0 Å². The van der Waals surface area contributed by atoms with Gasteiger partial charge in [-0.2, -0.15) is 0 Å². The molecule has 1 aromatic carbocycles. The first kappa shape index (κ1) is 11.4. The van der Waals surface area contributed by atoms with Crippen molar-refractivity contribution in [3.8, 4) is 11.4 Å². The highest BCUT2D eigenvalue weighted by atomic mass is 35.5. The number of aryl methyl sites for hydroxylation is 1. The van der Waals surface area contributed by atoms with Gasteiger partial charge >= 0.3 is 0 Å². The number of halogens is 2. The van der Waals surface area contributed by atoms with Crippen LogP contribution < -0.4 is 0 Å². The molecule has 0 unspecified atom stereocenters. The van der Waals surface area contributed by atoms with E-state index in [0.717, 1.165) is 16.8 Å². The van der Waals surface area contributed by atoms with Crippen LogP contribution in [0.25, 0.3) is 11.4 Å². The molecule has 0 amide bonds. The van der Waals surface area contributed by atoms with Gasteiger partial charge in [-0.05, 0) is 38.1 Å². The number of hydrogen-bond donors (Lipinski definition) is 0. The Morgan fingerprint density at radius 2 is 1.56 bits per heavy atom. The number of rotatable bonds is 1. The van der Waals surface area contributed by atoms with Crippen molar-refractivity contribution in [1.82, 2.24) is 9.97 Å². The summed E-state index contributed by atoms with van der Waals surface area (Å²) in [6.45, 7) is 3.83. The Labute approximate surface area is 104 Å². The second-order valence-electron chi connectivity index (χ2n) is 3.56. The third-order valence-corrected chi connectivity index (χ3v) is 3.05. The highest BCUT2D eigenvalue weighted by Gasteiger charge is 2.07. The van der Waals surface area contributed by atoms with Crippen LogP contribution in [0.3, 0.4) is 0 Å². The summed E-state index contributed by atoms with van der Waals surface area (Å²) in [4.78, 5) is 8.64. The minimum absolute atomic E-state index is 0.498. The van der Waals surface area contributed by atoms with E-state index in [4.69, 9.17) is 23.2 Å². The van der Waals surface area contributed by atoms with Gasteiger partial charge in [0, 0.05) is 21.8 Å². The first-order chi connectivity index (χ1) is 7.58. The van der Waals surface area contributed by atoms with Crippen LogP contribution in [-0.4, -0.2) is 9.97 Å². The van der Waals surface area contributed by atoms with Crippen molar-refractivity contribution in [2.24, 2.45) is 0 Å². The predicted octanol–water partition coefficient (Wildman–Crippen LogP) is 4.07. The van der Waals surface area contributed by atoms with Crippen LogP contribution in [-0.2, 0) is 0 Å². The summed E-state index contributed by atoms with van der Waals surface area (Å²) in [5.74, 6) is 0.629. The Balaban J connectivity index is 2.52. The van der Waals surface area contributed by atoms with Gasteiger partial charge in [0.1, 0.15) is 5.15 Å². The van der Waals surface area contributed by atoms with Crippen LogP contribution in [0.1, 0.15) is 11.3 Å². The lowest BCUT2D eigenvalue weighted by atomic mass is 10.2. The van der Waals surface area contributed by atoms with Crippen molar-refractivity contribution in [2.75, 3.05) is 0 Å². The maximum atomic E-state index is 6.02. The minimum Gasteiger partial charge on any atom is -0.233 e. The molecular formula is C12H10Cl2N2. The Kier molecular flexibility index (Phi) is 3.13. The number of nitrogens with zero attached hydrogens (tertiary/aromatic N) is 2. The molecule has 82 valence electrons. The van der Waals surface area contributed by atoms with Crippen molar-refractivity contribution >= 4 is 23.2 Å². The maximum Gasteiger partial charge on any atom is 0.161 e. The first-order valence-corrected chi connectivity index (χ1v) is 5.60. The summed E-state index contributed by atoms with van der Waals surface area (Å²) in [5, 5.41) is 1.19. The number of aromatic nitrogens is 2. The van der Waals surface area contributed by atoms with Gasteiger partial charge in [0.05, 0.1) is 0 Å². The zero-order valence-corrected chi connectivity index (χ0v) is 10.5. The molecule has 0 aliphatic rings. The molecule has 2 aromatic rings. The Bertz CT molecular complexity index is 498. The van der Waals surface area contributed by atoms with Gasteiger partial charge in [-0.15, -0.1) is 0 Å². The largest absolute Gasteiger partial charge is 0.233 e. The van der Waals surface area contributed by atoms with Gasteiger partial charge in [0.25, 0.3) is 0 Å². The molecule has 0 spiro atoms. The molecule has 0 atom stereocenters. The first-order valence-electron chi connectivity index (χ1n) is 4.84. The van der Waals surface area contributed by atoms with Gasteiger partial charge in [-0.1, -0.05) is 23.2 Å². The third-order valence-electron chi connectivity index (χ3n) is 2.43. The highest BCUT2D eigenvalue weighted by molar-refractivity contribution is 6.30. The van der Waals surface area contributed by atoms with E-state index < -0.39 is 0 Å². The van der Waals surface area contributed by atoms with Crippen LogP contribution in [0.2, 0.25) is 10.2 Å². The predicted molar refractivity (Wildman–Crippen MR) is 67.0 cm³/mol. The van der Waals surface area contributed by atoms with E-state index in [1.54, 1.807) is 0 Å². The maximum absolute atomic E-state index is 6.02. The highest BCUT2D eigenvalue weighted by Crippen LogP contribution is 2.22. The average Bonchev–Trinajstić information content (AvgIpc) is 2.26. The molecule has 0 saturated carbocycles. The molecule has 0 N–H and O–H groups in total. The minimum atomic E-state index is 0.498. The fourth-order valence-electron chi connectivity index (χ4n) is 1.32. The van der Waals surface area contributed by atoms with E-state index >= 15 is 0 Å². The van der Waals surface area contributed by atoms with Gasteiger partial charge in [-0.25, -0.2) is 9.97 Å². The molecule has 16 heavy (non-hydrogen) atoms. The Morgan fingerprint density at radius 1 is 0.938 bits per heavy atom. The molecule has 1 heterocycles. The van der Waals surface area contributed by atoms with Crippen LogP contribution in [0.5, 0.6) is 0 Å². The standard InChI is InChI=1S/C12H10Cl2N2/c1-7-8(2)15-12(16-11(7)14)9-3-5-10(13)6-4-9/h3-6H,1-2H3. The topological polar surface area (TPSA) is 25.8 Å². The van der Waals surface area contributed by atoms with E-state index in [2.05, 4.69) is 9.97 Å². The lowest BCUT2D eigenvalue weighted by molar-refractivity contribution is 1.07. The molecule has 0 aliphatic heterocycles. The van der Waals surface area contributed by atoms with E-state index in [1.807, 2.05) is 38.1 Å². The quantitative estimate of drug-likeness (QED) is 0.716. The Morgan fingerprint density at radius 3 is 2.12 bits per heavy atom. The monoisotopic (exact) mass is 252 g/mol. The molecule has 4 heteroatoms. The van der Waals surface area contributed by atoms with Crippen LogP contribution in [0, 0.1) is 13.8 Å². The van der Waals surface area contributed by atoms with Gasteiger partial charge in [-0.3, -0.25) is 0 Å². The van der Waals surface area contributed by atoms with Gasteiger partial charge in [0.15, 0.2) is 5.82 Å². The fourth-order valence-corrected chi connectivity index (χ4v) is 1.66. The SMILES string of the molecule is Cc1nc(-c2ccc(Cl)cc2)nc(Cl)c1C. The Hall–Kier alpha value is -1.12. The molecule has 0 radical (unpaired) electrons. The molecule has 2 nitrogen and oxygen atoms in total. The second-order valence-corrected chi connectivity index (χ2v) is 4.35. The smallest absolute Gasteiger partial charge is 0.161 e. The molecule has 0 fully saturated rings. The molecule has 2 rings (SSSR count). The summed E-state index contributed by atoms with van der Waals surface area (Å²) in [7, 11) is 0. The summed E-state index contributed by atoms with van der Waals surface area (Å²) >= 11 is 11.8. The zero-order valence-electron chi connectivity index (χ0n) is 8.96. The fraction of sp³-hybridized carbons (Fsp3) is 0.167. The molecule has 0 bridgehead atoms.